The number of aromatic nitrogens is 1. The highest BCUT2D eigenvalue weighted by Gasteiger charge is 2.07. The van der Waals surface area contributed by atoms with Gasteiger partial charge in [-0.1, -0.05) is 23.5 Å². The van der Waals surface area contributed by atoms with Crippen molar-refractivity contribution in [2.45, 2.75) is 6.92 Å². The average molecular weight is 354 g/mol. The number of carbonyl (C=O) groups is 1. The Morgan fingerprint density at radius 2 is 1.96 bits per heavy atom. The van der Waals surface area contributed by atoms with Crippen LogP contribution in [0.5, 0.6) is 11.5 Å². The summed E-state index contributed by atoms with van der Waals surface area (Å²) in [4.78, 5) is 16.5. The highest BCUT2D eigenvalue weighted by Crippen LogP contribution is 2.29. The molecule has 5 nitrogen and oxygen atoms in total. The van der Waals surface area contributed by atoms with Crippen LogP contribution in [-0.2, 0) is 4.79 Å². The van der Waals surface area contributed by atoms with Gasteiger partial charge in [-0.25, -0.2) is 4.98 Å². The van der Waals surface area contributed by atoms with Gasteiger partial charge in [0, 0.05) is 6.08 Å². The molecule has 6 heteroatoms. The fraction of sp³-hybridized carbons (Fsp3) is 0.158. The van der Waals surface area contributed by atoms with E-state index < -0.39 is 0 Å². The van der Waals surface area contributed by atoms with Crippen LogP contribution in [0.1, 0.15) is 12.5 Å². The number of anilines is 1. The van der Waals surface area contributed by atoms with E-state index in [1.165, 1.54) is 17.4 Å². The second-order valence-corrected chi connectivity index (χ2v) is 6.21. The summed E-state index contributed by atoms with van der Waals surface area (Å²) in [5, 5.41) is 3.35. The molecule has 0 aliphatic carbocycles. The molecule has 0 atom stereocenters. The number of benzene rings is 2. The number of nitrogens with one attached hydrogen (secondary N) is 1. The molecular formula is C19H18N2O3S. The third kappa shape index (κ3) is 4.36. The molecule has 0 spiro atoms. The molecule has 128 valence electrons. The molecule has 3 aromatic rings. The predicted octanol–water partition coefficient (Wildman–Crippen LogP) is 4.36. The Balaban J connectivity index is 1.67. The van der Waals surface area contributed by atoms with Crippen LogP contribution in [0, 0.1) is 0 Å². The molecule has 1 N–H and O–H groups in total. The average Bonchev–Trinajstić information content (AvgIpc) is 3.02. The number of nitrogens with zero attached hydrogens (tertiary/aromatic N) is 1. The predicted molar refractivity (Wildman–Crippen MR) is 101 cm³/mol. The summed E-state index contributed by atoms with van der Waals surface area (Å²) in [6.45, 7) is 2.56. The monoisotopic (exact) mass is 354 g/mol. The van der Waals surface area contributed by atoms with Gasteiger partial charge in [-0.3, -0.25) is 10.1 Å². The summed E-state index contributed by atoms with van der Waals surface area (Å²) in [5.41, 5.74) is 1.75. The zero-order valence-corrected chi connectivity index (χ0v) is 14.8. The smallest absolute Gasteiger partial charge is 0.250 e. The lowest BCUT2D eigenvalue weighted by Gasteiger charge is -2.00. The van der Waals surface area contributed by atoms with Crippen molar-refractivity contribution in [3.8, 4) is 11.5 Å². The van der Waals surface area contributed by atoms with Crippen LogP contribution in [-0.4, -0.2) is 24.6 Å². The number of hydrogen-bond donors (Lipinski definition) is 1. The molecule has 0 radical (unpaired) electrons. The van der Waals surface area contributed by atoms with Crippen molar-refractivity contribution in [1.29, 1.82) is 0 Å². The number of methoxy groups -OCH3 is 1. The minimum atomic E-state index is -0.222. The largest absolute Gasteiger partial charge is 0.497 e. The van der Waals surface area contributed by atoms with Gasteiger partial charge in [0.2, 0.25) is 5.91 Å². The molecule has 25 heavy (non-hydrogen) atoms. The Kier molecular flexibility index (Phi) is 5.30. The SMILES string of the molecule is CCOc1ccc2nc(NC(=O)/C=C/c3ccc(OC)cc3)sc2c1. The molecule has 0 bridgehead atoms. The fourth-order valence-corrected chi connectivity index (χ4v) is 3.15. The molecule has 1 aromatic heterocycles. The first kappa shape index (κ1) is 17.0. The van der Waals surface area contributed by atoms with Gasteiger partial charge in [0.1, 0.15) is 11.5 Å². The summed E-state index contributed by atoms with van der Waals surface area (Å²) in [5.74, 6) is 1.36. The van der Waals surface area contributed by atoms with Crippen LogP contribution in [0.3, 0.4) is 0 Å². The van der Waals surface area contributed by atoms with Crippen molar-refractivity contribution >= 4 is 38.7 Å². The Labute approximate surface area is 149 Å². The van der Waals surface area contributed by atoms with E-state index in [1.54, 1.807) is 13.2 Å². The molecule has 2 aromatic carbocycles. The normalized spacial score (nSPS) is 11.0. The number of carbonyl (C=O) groups excluding carboxylic acids is 1. The van der Waals surface area contributed by atoms with E-state index in [0.717, 1.165) is 27.3 Å². The maximum absolute atomic E-state index is 12.1. The van der Waals surface area contributed by atoms with E-state index >= 15 is 0 Å². The quantitative estimate of drug-likeness (QED) is 0.668. The summed E-state index contributed by atoms with van der Waals surface area (Å²) in [7, 11) is 1.62. The van der Waals surface area contributed by atoms with E-state index in [-0.39, 0.29) is 5.91 Å². The summed E-state index contributed by atoms with van der Waals surface area (Å²) in [6.07, 6.45) is 3.23. The first-order chi connectivity index (χ1) is 12.2. The lowest BCUT2D eigenvalue weighted by atomic mass is 10.2. The first-order valence-corrected chi connectivity index (χ1v) is 8.66. The Morgan fingerprint density at radius 3 is 2.68 bits per heavy atom. The van der Waals surface area contributed by atoms with E-state index in [4.69, 9.17) is 9.47 Å². The molecule has 0 saturated carbocycles. The molecule has 0 fully saturated rings. The maximum atomic E-state index is 12.1. The van der Waals surface area contributed by atoms with E-state index in [2.05, 4.69) is 10.3 Å². The highest BCUT2D eigenvalue weighted by atomic mass is 32.1. The van der Waals surface area contributed by atoms with Crippen molar-refractivity contribution in [3.63, 3.8) is 0 Å². The second kappa shape index (κ2) is 7.81. The molecule has 0 aliphatic heterocycles. The van der Waals surface area contributed by atoms with Gasteiger partial charge in [-0.15, -0.1) is 0 Å². The Morgan fingerprint density at radius 1 is 1.20 bits per heavy atom. The fourth-order valence-electron chi connectivity index (χ4n) is 2.25. The van der Waals surface area contributed by atoms with Gasteiger partial charge in [-0.05, 0) is 48.9 Å². The summed E-state index contributed by atoms with van der Waals surface area (Å²) in [6, 6.07) is 13.2. The zero-order chi connectivity index (χ0) is 17.6. The van der Waals surface area contributed by atoms with Crippen LogP contribution in [0.4, 0.5) is 5.13 Å². The maximum Gasteiger partial charge on any atom is 0.250 e. The Hall–Kier alpha value is -2.86. The number of hydrogen-bond acceptors (Lipinski definition) is 5. The first-order valence-electron chi connectivity index (χ1n) is 7.84. The summed E-state index contributed by atoms with van der Waals surface area (Å²) < 4.78 is 11.6. The van der Waals surface area contributed by atoms with Crippen molar-refractivity contribution < 1.29 is 14.3 Å². The number of amides is 1. The molecule has 0 aliphatic rings. The van der Waals surface area contributed by atoms with Crippen molar-refractivity contribution in [1.82, 2.24) is 4.98 Å². The van der Waals surface area contributed by atoms with Crippen LogP contribution in [0.15, 0.2) is 48.5 Å². The van der Waals surface area contributed by atoms with Crippen molar-refractivity contribution in [3.05, 3.63) is 54.1 Å². The minimum Gasteiger partial charge on any atom is -0.497 e. The number of rotatable bonds is 6. The van der Waals surface area contributed by atoms with Crippen molar-refractivity contribution in [2.75, 3.05) is 19.0 Å². The van der Waals surface area contributed by atoms with E-state index in [1.807, 2.05) is 49.4 Å². The number of ether oxygens (including phenoxy) is 2. The molecular weight excluding hydrogens is 336 g/mol. The molecule has 1 amide bonds. The van der Waals surface area contributed by atoms with Gasteiger partial charge in [-0.2, -0.15) is 0 Å². The highest BCUT2D eigenvalue weighted by molar-refractivity contribution is 7.22. The molecule has 0 saturated heterocycles. The number of thiazole rings is 1. The van der Waals surface area contributed by atoms with E-state index in [9.17, 15) is 4.79 Å². The van der Waals surface area contributed by atoms with Gasteiger partial charge in [0.05, 0.1) is 23.9 Å². The summed E-state index contributed by atoms with van der Waals surface area (Å²) >= 11 is 1.42. The second-order valence-electron chi connectivity index (χ2n) is 5.18. The Bertz CT molecular complexity index is 901. The number of fused-ring (bicyclic) bond motifs is 1. The van der Waals surface area contributed by atoms with Crippen LogP contribution in [0.2, 0.25) is 0 Å². The topological polar surface area (TPSA) is 60.5 Å². The molecule has 1 heterocycles. The van der Waals surface area contributed by atoms with E-state index in [0.29, 0.717) is 11.7 Å². The van der Waals surface area contributed by atoms with Gasteiger partial charge in [0.15, 0.2) is 5.13 Å². The third-order valence-electron chi connectivity index (χ3n) is 3.44. The molecule has 0 unspecified atom stereocenters. The van der Waals surface area contributed by atoms with Crippen LogP contribution in [0.25, 0.3) is 16.3 Å². The standard InChI is InChI=1S/C19H18N2O3S/c1-3-24-15-9-10-16-17(12-15)25-19(20-16)21-18(22)11-6-13-4-7-14(23-2)8-5-13/h4-12H,3H2,1-2H3,(H,20,21,22)/b11-6+. The zero-order valence-electron chi connectivity index (χ0n) is 14.0. The lowest BCUT2D eigenvalue weighted by Crippen LogP contribution is -2.07. The third-order valence-corrected chi connectivity index (χ3v) is 4.38. The van der Waals surface area contributed by atoms with Crippen LogP contribution < -0.4 is 14.8 Å². The van der Waals surface area contributed by atoms with Crippen molar-refractivity contribution in [2.24, 2.45) is 0 Å². The van der Waals surface area contributed by atoms with Gasteiger partial charge in [0.25, 0.3) is 0 Å². The van der Waals surface area contributed by atoms with Crippen LogP contribution >= 0.6 is 11.3 Å². The van der Waals surface area contributed by atoms with Gasteiger partial charge >= 0.3 is 0 Å². The lowest BCUT2D eigenvalue weighted by molar-refractivity contribution is -0.111. The minimum absolute atomic E-state index is 0.222. The van der Waals surface area contributed by atoms with Gasteiger partial charge < -0.3 is 9.47 Å². The molecule has 3 rings (SSSR count).